The second-order valence-electron chi connectivity index (χ2n) is 10.5. The van der Waals surface area contributed by atoms with Crippen molar-refractivity contribution in [3.63, 3.8) is 0 Å². The average molecular weight is 626 g/mol. The van der Waals surface area contributed by atoms with E-state index in [1.165, 1.54) is 4.68 Å². The Labute approximate surface area is 223 Å². The van der Waals surface area contributed by atoms with Gasteiger partial charge in [0.05, 0.1) is 25.9 Å². The molecule has 1 heterocycles. The van der Waals surface area contributed by atoms with Crippen molar-refractivity contribution in [2.45, 2.75) is 85.2 Å². The summed E-state index contributed by atoms with van der Waals surface area (Å²) in [6, 6.07) is -0.618. The molecule has 35 heavy (non-hydrogen) atoms. The summed E-state index contributed by atoms with van der Waals surface area (Å²) in [6.07, 6.45) is -0.611. The first-order valence-electron chi connectivity index (χ1n) is 11.7. The lowest BCUT2D eigenvalue weighted by Crippen LogP contribution is -2.44. The Bertz CT molecular complexity index is 904. The number of carbonyl (C=O) groups excluding carboxylic acids is 3. The Balaban J connectivity index is 3.48. The first-order chi connectivity index (χ1) is 15.9. The maximum atomic E-state index is 13.0. The lowest BCUT2D eigenvalue weighted by molar-refractivity contribution is 0.0461. The third-order valence-corrected chi connectivity index (χ3v) is 10.7. The number of aromatic nitrogens is 2. The van der Waals surface area contributed by atoms with Crippen molar-refractivity contribution in [2.24, 2.45) is 0 Å². The third-order valence-electron chi connectivity index (χ3n) is 5.49. The summed E-state index contributed by atoms with van der Waals surface area (Å²) in [4.78, 5) is 38.0. The van der Waals surface area contributed by atoms with Crippen LogP contribution in [-0.2, 0) is 18.6 Å². The minimum atomic E-state index is -2.19. The molecule has 0 spiro atoms. The zero-order valence-electron chi connectivity index (χ0n) is 22.5. The number of nitrogens with one attached hydrogen (secondary N) is 1. The van der Waals surface area contributed by atoms with Crippen LogP contribution < -0.4 is 5.32 Å². The highest BCUT2D eigenvalue weighted by Gasteiger charge is 2.39. The molecule has 0 aliphatic heterocycles. The molecule has 1 rings (SSSR count). The Hall–Kier alpha value is -1.67. The summed E-state index contributed by atoms with van der Waals surface area (Å²) in [5.74, 6) is -1.38. The van der Waals surface area contributed by atoms with Crippen molar-refractivity contribution in [2.75, 3.05) is 26.4 Å². The van der Waals surface area contributed by atoms with E-state index < -0.39 is 38.0 Å². The molecule has 0 bridgehead atoms. The first-order valence-corrected chi connectivity index (χ1v) is 15.7. The van der Waals surface area contributed by atoms with E-state index in [1.807, 2.05) is 22.6 Å². The molecule has 0 fully saturated rings. The molecule has 12 heteroatoms. The van der Waals surface area contributed by atoms with Gasteiger partial charge in [-0.2, -0.15) is 5.10 Å². The molecule has 10 nitrogen and oxygen atoms in total. The number of alkyl carbamates (subject to hydrolysis) is 1. The Morgan fingerprint density at radius 3 is 2.06 bits per heavy atom. The zero-order chi connectivity index (χ0) is 27.2. The molecule has 1 atom stereocenters. The van der Waals surface area contributed by atoms with Crippen molar-refractivity contribution >= 4 is 48.9 Å². The van der Waals surface area contributed by atoms with E-state index in [0.717, 1.165) is 0 Å². The van der Waals surface area contributed by atoms with Gasteiger partial charge in [-0.05, 0) is 75.3 Å². The molecule has 1 aromatic rings. The van der Waals surface area contributed by atoms with Crippen LogP contribution in [0.3, 0.4) is 0 Å². The third kappa shape index (κ3) is 9.05. The second kappa shape index (κ2) is 12.5. The highest BCUT2D eigenvalue weighted by atomic mass is 127. The lowest BCUT2D eigenvalue weighted by Gasteiger charge is -2.37. The number of rotatable bonds is 10. The maximum absolute atomic E-state index is 13.0. The highest BCUT2D eigenvalue weighted by Crippen LogP contribution is 2.37. The SMILES string of the molecule is CCOC(=O)c1c(I)nn(C(CNC(=O)OC(C)(C)C)CO[Si](C)(C)C(C)(C)C)c1C(=O)OCC. The first kappa shape index (κ1) is 31.4. The fourth-order valence-corrected chi connectivity index (χ4v) is 4.45. The number of esters is 2. The molecule has 0 saturated heterocycles. The van der Waals surface area contributed by atoms with Crippen molar-refractivity contribution in [1.29, 1.82) is 0 Å². The summed E-state index contributed by atoms with van der Waals surface area (Å²) >= 11 is 1.89. The van der Waals surface area contributed by atoms with Gasteiger partial charge in [-0.15, -0.1) is 0 Å². The summed E-state index contributed by atoms with van der Waals surface area (Å²) in [6.45, 7) is 19.7. The topological polar surface area (TPSA) is 118 Å². The van der Waals surface area contributed by atoms with E-state index in [-0.39, 0.29) is 42.7 Å². The molecule has 1 unspecified atom stereocenters. The number of carbonyl (C=O) groups is 3. The quantitative estimate of drug-likeness (QED) is 0.168. The van der Waals surface area contributed by atoms with Crippen LogP contribution in [0.2, 0.25) is 18.1 Å². The van der Waals surface area contributed by atoms with Gasteiger partial charge in [0.1, 0.15) is 14.9 Å². The molecule has 0 aliphatic rings. The van der Waals surface area contributed by atoms with Crippen LogP contribution in [-0.4, -0.2) is 68.1 Å². The smallest absolute Gasteiger partial charge is 0.407 e. The minimum Gasteiger partial charge on any atom is -0.462 e. The van der Waals surface area contributed by atoms with Crippen LogP contribution in [0.15, 0.2) is 0 Å². The van der Waals surface area contributed by atoms with E-state index in [0.29, 0.717) is 3.70 Å². The van der Waals surface area contributed by atoms with Crippen LogP contribution >= 0.6 is 22.6 Å². The number of amides is 1. The van der Waals surface area contributed by atoms with Gasteiger partial charge < -0.3 is 24.0 Å². The molecule has 1 N–H and O–H groups in total. The van der Waals surface area contributed by atoms with E-state index >= 15 is 0 Å². The summed E-state index contributed by atoms with van der Waals surface area (Å²) in [5, 5.41) is 7.15. The molecule has 0 saturated carbocycles. The number of halogens is 1. The van der Waals surface area contributed by atoms with Crippen LogP contribution in [0.5, 0.6) is 0 Å². The second-order valence-corrected chi connectivity index (χ2v) is 16.3. The average Bonchev–Trinajstić information content (AvgIpc) is 3.03. The predicted octanol–water partition coefficient (Wildman–Crippen LogP) is 4.93. The lowest BCUT2D eigenvalue weighted by atomic mass is 10.2. The van der Waals surface area contributed by atoms with Gasteiger partial charge in [0.25, 0.3) is 0 Å². The molecular weight excluding hydrogens is 585 g/mol. The minimum absolute atomic E-state index is 0.0282. The Morgan fingerprint density at radius 2 is 1.57 bits per heavy atom. The van der Waals surface area contributed by atoms with E-state index in [1.54, 1.807) is 34.6 Å². The standard InChI is InChI=1S/C23H40IN3O7Si/c1-11-31-19(28)16-17(20(29)32-12-2)27(26-18(16)24)15(13-25-21(30)34-22(3,4)5)14-33-35(9,10)23(6,7)8/h15H,11-14H2,1-10H3,(H,25,30). The van der Waals surface area contributed by atoms with E-state index in [9.17, 15) is 14.4 Å². The molecule has 1 amide bonds. The largest absolute Gasteiger partial charge is 0.462 e. The molecule has 1 aromatic heterocycles. The van der Waals surface area contributed by atoms with Gasteiger partial charge in [-0.1, -0.05) is 20.8 Å². The van der Waals surface area contributed by atoms with Crippen LogP contribution in [0.25, 0.3) is 0 Å². The van der Waals surface area contributed by atoms with Crippen LogP contribution in [0, 0.1) is 3.70 Å². The summed E-state index contributed by atoms with van der Waals surface area (Å²) in [7, 11) is -2.19. The fourth-order valence-electron chi connectivity index (χ4n) is 2.70. The molecule has 200 valence electrons. The summed E-state index contributed by atoms with van der Waals surface area (Å²) < 4.78 is 23.9. The van der Waals surface area contributed by atoms with Gasteiger partial charge in [0, 0.05) is 6.54 Å². The van der Waals surface area contributed by atoms with Crippen LogP contribution in [0.4, 0.5) is 4.79 Å². The predicted molar refractivity (Wildman–Crippen MR) is 143 cm³/mol. The Kier molecular flexibility index (Phi) is 11.2. The number of nitrogens with zero attached hydrogens (tertiary/aromatic N) is 2. The molecular formula is C23H40IN3O7Si. The van der Waals surface area contributed by atoms with Gasteiger partial charge in [0.15, 0.2) is 14.0 Å². The van der Waals surface area contributed by atoms with E-state index in [2.05, 4.69) is 44.3 Å². The normalized spacial score (nSPS) is 13.2. The zero-order valence-corrected chi connectivity index (χ0v) is 25.7. The van der Waals surface area contributed by atoms with Crippen molar-refractivity contribution in [3.05, 3.63) is 15.0 Å². The number of hydrogen-bond acceptors (Lipinski definition) is 8. The van der Waals surface area contributed by atoms with Gasteiger partial charge in [0.2, 0.25) is 0 Å². The monoisotopic (exact) mass is 625 g/mol. The van der Waals surface area contributed by atoms with Crippen LogP contribution in [0.1, 0.15) is 82.3 Å². The van der Waals surface area contributed by atoms with E-state index in [4.69, 9.17) is 18.6 Å². The van der Waals surface area contributed by atoms with Gasteiger partial charge >= 0.3 is 18.0 Å². The maximum Gasteiger partial charge on any atom is 0.407 e. The number of ether oxygens (including phenoxy) is 3. The summed E-state index contributed by atoms with van der Waals surface area (Å²) in [5.41, 5.74) is -0.684. The molecule has 0 radical (unpaired) electrons. The van der Waals surface area contributed by atoms with Crippen molar-refractivity contribution in [3.8, 4) is 0 Å². The Morgan fingerprint density at radius 1 is 1.03 bits per heavy atom. The molecule has 0 aliphatic carbocycles. The van der Waals surface area contributed by atoms with Crippen molar-refractivity contribution < 1.29 is 33.0 Å². The van der Waals surface area contributed by atoms with Crippen molar-refractivity contribution in [1.82, 2.24) is 15.1 Å². The van der Waals surface area contributed by atoms with Gasteiger partial charge in [-0.25, -0.2) is 19.1 Å². The molecule has 0 aromatic carbocycles. The fraction of sp³-hybridized carbons (Fsp3) is 0.739. The highest BCUT2D eigenvalue weighted by molar-refractivity contribution is 14.1. The van der Waals surface area contributed by atoms with Gasteiger partial charge in [-0.3, -0.25) is 0 Å². The number of hydrogen-bond donors (Lipinski definition) is 1.